The molecule has 3 rings (SSSR count). The first-order valence-corrected chi connectivity index (χ1v) is 10.9. The Bertz CT molecular complexity index is 1240. The summed E-state index contributed by atoms with van der Waals surface area (Å²) in [6.45, 7) is 1.80. The van der Waals surface area contributed by atoms with Gasteiger partial charge in [-0.2, -0.15) is 21.6 Å². The van der Waals surface area contributed by atoms with Crippen LogP contribution in [0.3, 0.4) is 0 Å². The van der Waals surface area contributed by atoms with Gasteiger partial charge in [-0.15, -0.1) is 4.40 Å². The molecular formula is C23H19F3N2O3S. The van der Waals surface area contributed by atoms with Crippen molar-refractivity contribution in [1.29, 1.82) is 0 Å². The van der Waals surface area contributed by atoms with Crippen molar-refractivity contribution >= 4 is 21.8 Å². The highest BCUT2D eigenvalue weighted by Crippen LogP contribution is 2.29. The molecular weight excluding hydrogens is 441 g/mol. The number of alkyl halides is 3. The van der Waals surface area contributed by atoms with Gasteiger partial charge in [-0.05, 0) is 42.8 Å². The van der Waals surface area contributed by atoms with Gasteiger partial charge >= 0.3 is 6.18 Å². The second kappa shape index (κ2) is 9.35. The Morgan fingerprint density at radius 2 is 1.59 bits per heavy atom. The van der Waals surface area contributed by atoms with E-state index >= 15 is 0 Å². The zero-order chi connectivity index (χ0) is 23.4. The number of benzene rings is 3. The lowest BCUT2D eigenvalue weighted by atomic mass is 10.1. The molecule has 0 unspecified atom stereocenters. The van der Waals surface area contributed by atoms with Gasteiger partial charge in [0.05, 0.1) is 10.5 Å². The molecule has 0 aliphatic rings. The number of carbonyl (C=O) groups is 1. The number of hydrogen-bond donors (Lipinski definition) is 1. The molecule has 1 amide bonds. The Kier molecular flexibility index (Phi) is 6.78. The van der Waals surface area contributed by atoms with E-state index in [1.165, 1.54) is 18.2 Å². The van der Waals surface area contributed by atoms with Crippen LogP contribution in [0.4, 0.5) is 13.2 Å². The van der Waals surface area contributed by atoms with Crippen LogP contribution < -0.4 is 5.32 Å². The van der Waals surface area contributed by atoms with E-state index in [-0.39, 0.29) is 22.7 Å². The molecule has 5 nitrogen and oxygen atoms in total. The van der Waals surface area contributed by atoms with Crippen molar-refractivity contribution in [2.24, 2.45) is 4.40 Å². The molecule has 3 aromatic rings. The van der Waals surface area contributed by atoms with Gasteiger partial charge in [0, 0.05) is 12.0 Å². The second-order valence-electron chi connectivity index (χ2n) is 7.02. The van der Waals surface area contributed by atoms with E-state index in [1.54, 1.807) is 49.4 Å². The molecule has 0 aromatic heterocycles. The van der Waals surface area contributed by atoms with Crippen LogP contribution in [-0.4, -0.2) is 20.2 Å². The van der Waals surface area contributed by atoms with Crippen LogP contribution in [0.1, 0.15) is 27.0 Å². The Morgan fingerprint density at radius 3 is 2.22 bits per heavy atom. The average Bonchev–Trinajstić information content (AvgIpc) is 2.74. The summed E-state index contributed by atoms with van der Waals surface area (Å²) in [6.07, 6.45) is -4.66. The number of nitrogens with zero attached hydrogens (tertiary/aromatic N) is 1. The molecule has 32 heavy (non-hydrogen) atoms. The molecule has 0 aliphatic carbocycles. The molecule has 0 saturated carbocycles. The molecule has 0 radical (unpaired) electrons. The van der Waals surface area contributed by atoms with Crippen LogP contribution in [0.2, 0.25) is 0 Å². The summed E-state index contributed by atoms with van der Waals surface area (Å²) < 4.78 is 68.3. The Balaban J connectivity index is 1.95. The minimum Gasteiger partial charge on any atom is -0.309 e. The van der Waals surface area contributed by atoms with Crippen LogP contribution in [0.5, 0.6) is 0 Å². The van der Waals surface area contributed by atoms with Crippen molar-refractivity contribution in [1.82, 2.24) is 5.32 Å². The lowest BCUT2D eigenvalue weighted by Gasteiger charge is -2.11. The summed E-state index contributed by atoms with van der Waals surface area (Å²) in [4.78, 5) is 12.6. The minimum atomic E-state index is -4.62. The molecule has 0 fully saturated rings. The summed E-state index contributed by atoms with van der Waals surface area (Å²) in [5, 5.41) is 2.36. The molecule has 3 aromatic carbocycles. The first kappa shape index (κ1) is 23.2. The quantitative estimate of drug-likeness (QED) is 0.440. The summed E-state index contributed by atoms with van der Waals surface area (Å²) in [7, 11) is -4.16. The van der Waals surface area contributed by atoms with Crippen molar-refractivity contribution < 1.29 is 26.4 Å². The highest BCUT2D eigenvalue weighted by molar-refractivity contribution is 7.90. The number of rotatable bonds is 5. The summed E-state index contributed by atoms with van der Waals surface area (Å²) in [5.41, 5.74) is 0.261. The summed E-state index contributed by atoms with van der Waals surface area (Å²) in [6, 6.07) is 18.5. The van der Waals surface area contributed by atoms with Crippen molar-refractivity contribution in [2.75, 3.05) is 0 Å². The average molecular weight is 460 g/mol. The van der Waals surface area contributed by atoms with E-state index in [9.17, 15) is 26.4 Å². The number of halogens is 3. The number of amidine groups is 1. The third-order valence-corrected chi connectivity index (χ3v) is 5.80. The summed E-state index contributed by atoms with van der Waals surface area (Å²) in [5.74, 6) is -1.11. The number of carbonyl (C=O) groups excluding carboxylic acids is 1. The molecule has 0 bridgehead atoms. The first-order chi connectivity index (χ1) is 15.0. The molecule has 166 valence electrons. The molecule has 9 heteroatoms. The van der Waals surface area contributed by atoms with Gasteiger partial charge in [-0.3, -0.25) is 4.79 Å². The van der Waals surface area contributed by atoms with E-state index < -0.39 is 27.7 Å². The monoisotopic (exact) mass is 460 g/mol. The van der Waals surface area contributed by atoms with E-state index in [1.807, 2.05) is 0 Å². The first-order valence-electron chi connectivity index (χ1n) is 9.48. The zero-order valence-corrected chi connectivity index (χ0v) is 17.7. The third kappa shape index (κ3) is 6.04. The van der Waals surface area contributed by atoms with Gasteiger partial charge in [0.25, 0.3) is 15.9 Å². The minimum absolute atomic E-state index is 0.0450. The predicted molar refractivity (Wildman–Crippen MR) is 115 cm³/mol. The highest BCUT2D eigenvalue weighted by atomic mass is 32.2. The Hall–Kier alpha value is -3.46. The van der Waals surface area contributed by atoms with Gasteiger partial charge < -0.3 is 5.32 Å². The van der Waals surface area contributed by atoms with Gasteiger partial charge in [0.1, 0.15) is 5.84 Å². The third-order valence-electron chi connectivity index (χ3n) is 4.47. The molecule has 1 N–H and O–H groups in total. The largest absolute Gasteiger partial charge is 0.416 e. The van der Waals surface area contributed by atoms with Crippen molar-refractivity contribution in [3.8, 4) is 0 Å². The Morgan fingerprint density at radius 1 is 0.938 bits per heavy atom. The lowest BCUT2D eigenvalue weighted by Crippen LogP contribution is -2.33. The van der Waals surface area contributed by atoms with E-state index in [4.69, 9.17) is 0 Å². The van der Waals surface area contributed by atoms with Gasteiger partial charge in [0.15, 0.2) is 0 Å². The number of aryl methyl sites for hydroxylation is 1. The molecule has 0 saturated heterocycles. The highest BCUT2D eigenvalue weighted by Gasteiger charge is 2.31. The van der Waals surface area contributed by atoms with Crippen molar-refractivity contribution in [2.45, 2.75) is 24.4 Å². The van der Waals surface area contributed by atoms with Crippen molar-refractivity contribution in [3.63, 3.8) is 0 Å². The predicted octanol–water partition coefficient (Wildman–Crippen LogP) is 4.77. The molecule has 0 atom stereocenters. The number of sulfonamides is 1. The van der Waals surface area contributed by atoms with Gasteiger partial charge in [-0.25, -0.2) is 0 Å². The number of amides is 1. The SMILES string of the molecule is Cc1ccc(S(=O)(=O)/N=C(/Cc2ccccc2)NC(=O)c2cccc(C(F)(F)F)c2)cc1. The number of nitrogens with one attached hydrogen (secondary N) is 1. The van der Waals surface area contributed by atoms with Gasteiger partial charge in [-0.1, -0.05) is 54.1 Å². The van der Waals surface area contributed by atoms with Crippen LogP contribution in [0, 0.1) is 6.92 Å². The topological polar surface area (TPSA) is 75.6 Å². The maximum Gasteiger partial charge on any atom is 0.416 e. The fraction of sp³-hybridized carbons (Fsp3) is 0.130. The molecule has 0 aliphatic heterocycles. The number of hydrogen-bond acceptors (Lipinski definition) is 3. The summed E-state index contributed by atoms with van der Waals surface area (Å²) >= 11 is 0. The smallest absolute Gasteiger partial charge is 0.309 e. The maximum absolute atomic E-state index is 13.0. The van der Waals surface area contributed by atoms with E-state index in [0.717, 1.165) is 17.7 Å². The molecule has 0 spiro atoms. The molecule has 0 heterocycles. The normalized spacial score (nSPS) is 12.4. The van der Waals surface area contributed by atoms with Crippen LogP contribution in [0.15, 0.2) is 88.2 Å². The van der Waals surface area contributed by atoms with Gasteiger partial charge in [0.2, 0.25) is 0 Å². The van der Waals surface area contributed by atoms with Crippen LogP contribution in [-0.2, 0) is 22.6 Å². The lowest BCUT2D eigenvalue weighted by molar-refractivity contribution is -0.137. The van der Waals surface area contributed by atoms with E-state index in [2.05, 4.69) is 9.71 Å². The maximum atomic E-state index is 13.0. The second-order valence-corrected chi connectivity index (χ2v) is 8.63. The van der Waals surface area contributed by atoms with Crippen LogP contribution in [0.25, 0.3) is 0 Å². The Labute approximate surface area is 183 Å². The van der Waals surface area contributed by atoms with Crippen LogP contribution >= 0.6 is 0 Å². The van der Waals surface area contributed by atoms with Crippen molar-refractivity contribution in [3.05, 3.63) is 101 Å². The van der Waals surface area contributed by atoms with E-state index in [0.29, 0.717) is 11.6 Å². The fourth-order valence-electron chi connectivity index (χ4n) is 2.84. The fourth-order valence-corrected chi connectivity index (χ4v) is 3.82. The standard InChI is InChI=1S/C23H19F3N2O3S/c1-16-10-12-20(13-11-16)32(30,31)28-21(14-17-6-3-2-4-7-17)27-22(29)18-8-5-9-19(15-18)23(24,25)26/h2-13,15H,14H2,1H3,(H,27,28,29). The zero-order valence-electron chi connectivity index (χ0n) is 16.9.